The molecule has 134 valence electrons. The molecule has 1 fully saturated rings. The summed E-state index contributed by atoms with van der Waals surface area (Å²) in [5.74, 6) is 0.0226. The van der Waals surface area contributed by atoms with Crippen molar-refractivity contribution in [2.45, 2.75) is 57.5 Å². The van der Waals surface area contributed by atoms with Crippen LogP contribution in [0.5, 0.6) is 0 Å². The molecule has 3 nitrogen and oxygen atoms in total. The molecule has 1 aliphatic rings. The fourth-order valence-electron chi connectivity index (χ4n) is 3.61. The standard InChI is InChI=1S/C19H28Cl2N2O/c1-4-5-12-22(2)17-8-6-7-9-18(17)23(3)19(24)14-10-11-15(20)16(21)13-14/h10-11,13,17-18H,4-9,12H2,1-3H3. The zero-order chi connectivity index (χ0) is 17.7. The minimum atomic E-state index is 0.0226. The fraction of sp³-hybridized carbons (Fsp3) is 0.632. The van der Waals surface area contributed by atoms with Gasteiger partial charge in [-0.1, -0.05) is 49.4 Å². The van der Waals surface area contributed by atoms with Gasteiger partial charge in [-0.05, 0) is 51.1 Å². The Hall–Kier alpha value is -0.770. The van der Waals surface area contributed by atoms with Gasteiger partial charge in [-0.3, -0.25) is 4.79 Å². The van der Waals surface area contributed by atoms with Crippen molar-refractivity contribution in [3.63, 3.8) is 0 Å². The van der Waals surface area contributed by atoms with Gasteiger partial charge in [-0.15, -0.1) is 0 Å². The average molecular weight is 371 g/mol. The number of carbonyl (C=O) groups is 1. The van der Waals surface area contributed by atoms with Crippen LogP contribution in [0.2, 0.25) is 10.0 Å². The van der Waals surface area contributed by atoms with E-state index >= 15 is 0 Å². The summed E-state index contributed by atoms with van der Waals surface area (Å²) >= 11 is 12.0. The van der Waals surface area contributed by atoms with Crippen molar-refractivity contribution >= 4 is 29.1 Å². The Bertz CT molecular complexity index is 564. The maximum Gasteiger partial charge on any atom is 0.253 e. The molecule has 0 heterocycles. The van der Waals surface area contributed by atoms with Gasteiger partial charge >= 0.3 is 0 Å². The van der Waals surface area contributed by atoms with Crippen molar-refractivity contribution in [3.8, 4) is 0 Å². The Morgan fingerprint density at radius 1 is 1.12 bits per heavy atom. The number of amides is 1. The predicted molar refractivity (Wildman–Crippen MR) is 102 cm³/mol. The van der Waals surface area contributed by atoms with Gasteiger partial charge in [0, 0.05) is 24.7 Å². The van der Waals surface area contributed by atoms with Crippen LogP contribution in [0.1, 0.15) is 55.8 Å². The van der Waals surface area contributed by atoms with E-state index in [1.807, 2.05) is 11.9 Å². The Morgan fingerprint density at radius 2 is 1.79 bits per heavy atom. The Balaban J connectivity index is 2.13. The number of nitrogens with zero attached hydrogens (tertiary/aromatic N) is 2. The maximum absolute atomic E-state index is 12.9. The number of benzene rings is 1. The third kappa shape index (κ3) is 4.65. The van der Waals surface area contributed by atoms with Crippen molar-refractivity contribution in [2.75, 3.05) is 20.6 Å². The largest absolute Gasteiger partial charge is 0.337 e. The van der Waals surface area contributed by atoms with Gasteiger partial charge in [0.15, 0.2) is 0 Å². The first-order valence-electron chi connectivity index (χ1n) is 8.88. The number of likely N-dealkylation sites (N-methyl/N-ethyl adjacent to an activating group) is 2. The van der Waals surface area contributed by atoms with Crippen LogP contribution in [0.15, 0.2) is 18.2 Å². The number of rotatable bonds is 6. The van der Waals surface area contributed by atoms with Crippen molar-refractivity contribution in [1.29, 1.82) is 0 Å². The molecular formula is C19H28Cl2N2O. The highest BCUT2D eigenvalue weighted by atomic mass is 35.5. The van der Waals surface area contributed by atoms with Crippen molar-refractivity contribution in [3.05, 3.63) is 33.8 Å². The first kappa shape index (κ1) is 19.6. The van der Waals surface area contributed by atoms with E-state index in [2.05, 4.69) is 18.9 Å². The number of hydrogen-bond acceptors (Lipinski definition) is 2. The van der Waals surface area contributed by atoms with Crippen molar-refractivity contribution in [1.82, 2.24) is 9.80 Å². The van der Waals surface area contributed by atoms with Crippen LogP contribution in [0.4, 0.5) is 0 Å². The molecule has 1 aliphatic carbocycles. The van der Waals surface area contributed by atoms with E-state index in [0.717, 1.165) is 19.4 Å². The lowest BCUT2D eigenvalue weighted by Gasteiger charge is -2.42. The molecule has 2 unspecified atom stereocenters. The van der Waals surface area contributed by atoms with Crippen LogP contribution in [-0.4, -0.2) is 48.4 Å². The summed E-state index contributed by atoms with van der Waals surface area (Å²) in [6.45, 7) is 3.30. The molecule has 0 bridgehead atoms. The highest BCUT2D eigenvalue weighted by Gasteiger charge is 2.33. The zero-order valence-electron chi connectivity index (χ0n) is 14.9. The van der Waals surface area contributed by atoms with Gasteiger partial charge in [0.25, 0.3) is 5.91 Å². The molecule has 1 amide bonds. The Morgan fingerprint density at radius 3 is 2.42 bits per heavy atom. The highest BCUT2D eigenvalue weighted by Crippen LogP contribution is 2.28. The zero-order valence-corrected chi connectivity index (χ0v) is 16.4. The normalized spacial score (nSPS) is 21.1. The van der Waals surface area contributed by atoms with E-state index in [0.29, 0.717) is 21.7 Å². The predicted octanol–water partition coefficient (Wildman–Crippen LogP) is 5.11. The quantitative estimate of drug-likeness (QED) is 0.694. The molecule has 1 aromatic carbocycles. The molecular weight excluding hydrogens is 343 g/mol. The van der Waals surface area contributed by atoms with Crippen molar-refractivity contribution < 1.29 is 4.79 Å². The van der Waals surface area contributed by atoms with Crippen LogP contribution in [0.3, 0.4) is 0 Å². The summed E-state index contributed by atoms with van der Waals surface area (Å²) in [4.78, 5) is 17.2. The molecule has 2 rings (SSSR count). The van der Waals surface area contributed by atoms with E-state index in [4.69, 9.17) is 23.2 Å². The van der Waals surface area contributed by atoms with Gasteiger partial charge in [0.2, 0.25) is 0 Å². The highest BCUT2D eigenvalue weighted by molar-refractivity contribution is 6.42. The third-order valence-electron chi connectivity index (χ3n) is 5.11. The number of unbranched alkanes of at least 4 members (excludes halogenated alkanes) is 1. The number of halogens is 2. The summed E-state index contributed by atoms with van der Waals surface area (Å²) in [7, 11) is 4.11. The third-order valence-corrected chi connectivity index (χ3v) is 5.85. The van der Waals surface area contributed by atoms with E-state index in [1.165, 1.54) is 25.7 Å². The Kier molecular flexibility index (Phi) is 7.39. The van der Waals surface area contributed by atoms with Crippen LogP contribution in [0.25, 0.3) is 0 Å². The summed E-state index contributed by atoms with van der Waals surface area (Å²) in [5.41, 5.74) is 0.604. The second kappa shape index (κ2) is 9.07. The van der Waals surface area contributed by atoms with Gasteiger partial charge in [-0.2, -0.15) is 0 Å². The monoisotopic (exact) mass is 370 g/mol. The molecule has 0 saturated heterocycles. The minimum absolute atomic E-state index is 0.0226. The average Bonchev–Trinajstić information content (AvgIpc) is 2.60. The molecule has 2 atom stereocenters. The molecule has 0 radical (unpaired) electrons. The van der Waals surface area contributed by atoms with Crippen molar-refractivity contribution in [2.24, 2.45) is 0 Å². The molecule has 24 heavy (non-hydrogen) atoms. The molecule has 0 aliphatic heterocycles. The molecule has 5 heteroatoms. The van der Waals surface area contributed by atoms with Gasteiger partial charge in [-0.25, -0.2) is 0 Å². The van der Waals surface area contributed by atoms with E-state index in [-0.39, 0.29) is 11.9 Å². The molecule has 0 N–H and O–H groups in total. The van der Waals surface area contributed by atoms with Crippen LogP contribution in [-0.2, 0) is 0 Å². The first-order chi connectivity index (χ1) is 11.5. The SMILES string of the molecule is CCCCN(C)C1CCCCC1N(C)C(=O)c1ccc(Cl)c(Cl)c1. The first-order valence-corrected chi connectivity index (χ1v) is 9.63. The molecule has 0 spiro atoms. The minimum Gasteiger partial charge on any atom is -0.337 e. The topological polar surface area (TPSA) is 23.6 Å². The molecule has 0 aromatic heterocycles. The fourth-order valence-corrected chi connectivity index (χ4v) is 3.91. The van der Waals surface area contributed by atoms with Crippen LogP contribution in [0, 0.1) is 0 Å². The molecule has 1 aromatic rings. The lowest BCUT2D eigenvalue weighted by molar-refractivity contribution is 0.0499. The second-order valence-corrected chi connectivity index (χ2v) is 7.61. The molecule has 1 saturated carbocycles. The second-order valence-electron chi connectivity index (χ2n) is 6.80. The lowest BCUT2D eigenvalue weighted by Crippen LogP contribution is -2.53. The van der Waals surface area contributed by atoms with Crippen LogP contribution < -0.4 is 0 Å². The van der Waals surface area contributed by atoms with Gasteiger partial charge in [0.1, 0.15) is 0 Å². The maximum atomic E-state index is 12.9. The van der Waals surface area contributed by atoms with Gasteiger partial charge < -0.3 is 9.80 Å². The summed E-state index contributed by atoms with van der Waals surface area (Å²) in [6, 6.07) is 5.80. The van der Waals surface area contributed by atoms with E-state index in [9.17, 15) is 4.79 Å². The Labute approximate surface area is 155 Å². The van der Waals surface area contributed by atoms with Crippen LogP contribution >= 0.6 is 23.2 Å². The van der Waals surface area contributed by atoms with Gasteiger partial charge in [0.05, 0.1) is 10.0 Å². The number of hydrogen-bond donors (Lipinski definition) is 0. The van der Waals surface area contributed by atoms with E-state index < -0.39 is 0 Å². The smallest absolute Gasteiger partial charge is 0.253 e. The van der Waals surface area contributed by atoms with E-state index in [1.54, 1.807) is 18.2 Å². The summed E-state index contributed by atoms with van der Waals surface area (Å²) in [6.07, 6.45) is 7.03. The summed E-state index contributed by atoms with van der Waals surface area (Å²) in [5, 5.41) is 0.905. The summed E-state index contributed by atoms with van der Waals surface area (Å²) < 4.78 is 0. The lowest BCUT2D eigenvalue weighted by atomic mass is 9.88. The number of carbonyl (C=O) groups excluding carboxylic acids is 1.